The van der Waals surface area contributed by atoms with Gasteiger partial charge >= 0.3 is 24.2 Å². The maximum Gasteiger partial charge on any atom is 0.513 e. The van der Waals surface area contributed by atoms with Crippen LogP contribution in [0.4, 0.5) is 9.59 Å². The quantitative estimate of drug-likeness (QED) is 0.178. The van der Waals surface area contributed by atoms with Gasteiger partial charge in [-0.15, -0.1) is 0 Å². The Hall–Kier alpha value is -3.34. The molecule has 0 saturated heterocycles. The van der Waals surface area contributed by atoms with Crippen LogP contribution < -0.4 is 15.2 Å². The Morgan fingerprint density at radius 1 is 0.795 bits per heavy atom. The molecule has 0 spiro atoms. The zero-order valence-corrected chi connectivity index (χ0v) is 24.1. The topological polar surface area (TPSA) is 161 Å². The lowest BCUT2D eigenvalue weighted by molar-refractivity contribution is -0.152. The minimum atomic E-state index is -1.39. The van der Waals surface area contributed by atoms with E-state index in [1.165, 1.54) is 18.2 Å². The highest BCUT2D eigenvalue weighted by molar-refractivity contribution is 5.75. The molecule has 0 saturated carbocycles. The zero-order valence-electron chi connectivity index (χ0n) is 24.1. The summed E-state index contributed by atoms with van der Waals surface area (Å²) in [6.45, 7) is 14.8. The van der Waals surface area contributed by atoms with Gasteiger partial charge in [-0.05, 0) is 42.4 Å². The number of carboxylic acids is 1. The summed E-state index contributed by atoms with van der Waals surface area (Å²) in [4.78, 5) is 48.7. The number of rotatable bonds is 14. The Kier molecular flexibility index (Phi) is 13.8. The second-order valence-electron chi connectivity index (χ2n) is 10.9. The number of carboxylic acid groups (broad SMARTS) is 1. The minimum Gasteiger partial charge on any atom is -0.480 e. The van der Waals surface area contributed by atoms with Gasteiger partial charge in [0, 0.05) is 18.3 Å². The van der Waals surface area contributed by atoms with Crippen LogP contribution in [0.3, 0.4) is 0 Å². The minimum absolute atomic E-state index is 0.0457. The van der Waals surface area contributed by atoms with Crippen molar-refractivity contribution in [3.05, 3.63) is 23.8 Å². The standard InChI is InChI=1S/C28H43NO10/c1-15(2)11-23(30)37-19(8)18(7)24(25(29)26(31)32)20-9-10-21(38-27(33)35-13-16(3)4)22(12-20)39-28(34)36-14-17(5)6/h9-10,12,15-19,24-25H,11,13-14,29H2,1-8H3,(H,31,32)/t18?,19?,24?,25-/m0/s1. The van der Waals surface area contributed by atoms with Crippen molar-refractivity contribution in [2.24, 2.45) is 29.4 Å². The third-order valence-electron chi connectivity index (χ3n) is 5.68. The van der Waals surface area contributed by atoms with Crippen molar-refractivity contribution >= 4 is 24.2 Å². The molecule has 0 radical (unpaired) electrons. The van der Waals surface area contributed by atoms with E-state index in [4.69, 9.17) is 29.4 Å². The number of ether oxygens (including phenoxy) is 5. The Labute approximate surface area is 230 Å². The molecule has 0 aliphatic heterocycles. The monoisotopic (exact) mass is 553 g/mol. The van der Waals surface area contributed by atoms with Gasteiger partial charge in [-0.3, -0.25) is 9.59 Å². The summed E-state index contributed by atoms with van der Waals surface area (Å²) in [6, 6.07) is 2.81. The molecule has 1 aromatic carbocycles. The van der Waals surface area contributed by atoms with E-state index >= 15 is 0 Å². The number of carbonyl (C=O) groups is 4. The average molecular weight is 554 g/mol. The first-order chi connectivity index (χ1) is 18.1. The summed E-state index contributed by atoms with van der Waals surface area (Å²) in [5.74, 6) is -3.25. The summed E-state index contributed by atoms with van der Waals surface area (Å²) in [5, 5.41) is 9.74. The third kappa shape index (κ3) is 11.9. The van der Waals surface area contributed by atoms with Crippen LogP contribution >= 0.6 is 0 Å². The normalized spacial score (nSPS) is 14.4. The second-order valence-corrected chi connectivity index (χ2v) is 10.9. The van der Waals surface area contributed by atoms with Gasteiger partial charge in [0.05, 0.1) is 13.2 Å². The van der Waals surface area contributed by atoms with Crippen LogP contribution in [0.25, 0.3) is 0 Å². The van der Waals surface area contributed by atoms with E-state index in [9.17, 15) is 24.3 Å². The van der Waals surface area contributed by atoms with E-state index < -0.39 is 48.2 Å². The smallest absolute Gasteiger partial charge is 0.480 e. The van der Waals surface area contributed by atoms with Gasteiger partial charge in [0.15, 0.2) is 11.5 Å². The molecule has 0 aromatic heterocycles. The van der Waals surface area contributed by atoms with Gasteiger partial charge in [0.25, 0.3) is 0 Å². The Morgan fingerprint density at radius 3 is 1.77 bits per heavy atom. The van der Waals surface area contributed by atoms with Gasteiger partial charge in [-0.2, -0.15) is 0 Å². The van der Waals surface area contributed by atoms with Gasteiger partial charge in [-0.1, -0.05) is 54.5 Å². The van der Waals surface area contributed by atoms with Gasteiger partial charge in [0.1, 0.15) is 12.1 Å². The average Bonchev–Trinajstić information content (AvgIpc) is 2.82. The van der Waals surface area contributed by atoms with Crippen molar-refractivity contribution in [3.63, 3.8) is 0 Å². The molecule has 39 heavy (non-hydrogen) atoms. The van der Waals surface area contributed by atoms with E-state index in [0.29, 0.717) is 5.56 Å². The van der Waals surface area contributed by atoms with E-state index in [-0.39, 0.29) is 48.9 Å². The predicted molar refractivity (Wildman–Crippen MR) is 143 cm³/mol. The first-order valence-electron chi connectivity index (χ1n) is 13.1. The van der Waals surface area contributed by atoms with Crippen molar-refractivity contribution < 1.29 is 48.0 Å². The maximum atomic E-state index is 12.4. The van der Waals surface area contributed by atoms with Crippen LogP contribution in [0.2, 0.25) is 0 Å². The fourth-order valence-electron chi connectivity index (χ4n) is 3.58. The number of hydrogen-bond acceptors (Lipinski definition) is 10. The molecule has 3 N–H and O–H groups in total. The van der Waals surface area contributed by atoms with Crippen molar-refractivity contribution in [1.82, 2.24) is 0 Å². The Bertz CT molecular complexity index is 975. The number of benzene rings is 1. The molecule has 3 unspecified atom stereocenters. The molecule has 0 aliphatic rings. The summed E-state index contributed by atoms with van der Waals surface area (Å²) in [6.07, 6.45) is -2.52. The van der Waals surface area contributed by atoms with E-state index in [2.05, 4.69) is 0 Å². The lowest BCUT2D eigenvalue weighted by Gasteiger charge is -2.32. The SMILES string of the molecule is CC(C)COC(=O)Oc1ccc(C(C(C)C(C)OC(=O)CC(C)C)[C@H](N)C(=O)O)cc1OC(=O)OCC(C)C. The van der Waals surface area contributed by atoms with Crippen molar-refractivity contribution in [1.29, 1.82) is 0 Å². The molecule has 220 valence electrons. The van der Waals surface area contributed by atoms with Crippen LogP contribution in [0.15, 0.2) is 18.2 Å². The molecule has 0 aliphatic carbocycles. The summed E-state index contributed by atoms with van der Waals surface area (Å²) in [5.41, 5.74) is 6.44. The molecule has 0 heterocycles. The largest absolute Gasteiger partial charge is 0.513 e. The van der Waals surface area contributed by atoms with E-state index in [0.717, 1.165) is 0 Å². The van der Waals surface area contributed by atoms with Crippen molar-refractivity contribution in [3.8, 4) is 11.5 Å². The highest BCUT2D eigenvalue weighted by Gasteiger charge is 2.36. The van der Waals surface area contributed by atoms with Crippen molar-refractivity contribution in [2.75, 3.05) is 13.2 Å². The molecule has 11 nitrogen and oxygen atoms in total. The van der Waals surface area contributed by atoms with Crippen LogP contribution in [0, 0.1) is 23.7 Å². The molecule has 11 heteroatoms. The molecule has 0 amide bonds. The Balaban J connectivity index is 3.40. The number of carbonyl (C=O) groups excluding carboxylic acids is 3. The van der Waals surface area contributed by atoms with Crippen LogP contribution in [0.1, 0.15) is 73.3 Å². The van der Waals surface area contributed by atoms with Crippen molar-refractivity contribution in [2.45, 2.75) is 79.9 Å². The molecule has 1 rings (SSSR count). The maximum absolute atomic E-state index is 12.4. The first-order valence-corrected chi connectivity index (χ1v) is 13.1. The van der Waals surface area contributed by atoms with Gasteiger partial charge in [0.2, 0.25) is 0 Å². The second kappa shape index (κ2) is 15.9. The highest BCUT2D eigenvalue weighted by atomic mass is 16.7. The lowest BCUT2D eigenvalue weighted by atomic mass is 9.79. The molecular weight excluding hydrogens is 510 g/mol. The summed E-state index contributed by atoms with van der Waals surface area (Å²) < 4.78 is 26.3. The molecule has 4 atom stereocenters. The zero-order chi connectivity index (χ0) is 29.9. The summed E-state index contributed by atoms with van der Waals surface area (Å²) >= 11 is 0. The number of hydrogen-bond donors (Lipinski definition) is 2. The van der Waals surface area contributed by atoms with Crippen LogP contribution in [0.5, 0.6) is 11.5 Å². The molecule has 0 bridgehead atoms. The fraction of sp³-hybridized carbons (Fsp3) is 0.643. The Morgan fingerprint density at radius 2 is 1.31 bits per heavy atom. The molecule has 0 fully saturated rings. The predicted octanol–water partition coefficient (Wildman–Crippen LogP) is 5.14. The van der Waals surface area contributed by atoms with E-state index in [1.807, 2.05) is 41.5 Å². The number of nitrogens with two attached hydrogens (primary N) is 1. The van der Waals surface area contributed by atoms with Gasteiger partial charge < -0.3 is 34.5 Å². The fourth-order valence-corrected chi connectivity index (χ4v) is 3.58. The third-order valence-corrected chi connectivity index (χ3v) is 5.68. The molecular formula is C28H43NO10. The first kappa shape index (κ1) is 33.7. The lowest BCUT2D eigenvalue weighted by Crippen LogP contribution is -2.42. The number of aliphatic carboxylic acids is 1. The van der Waals surface area contributed by atoms with E-state index in [1.54, 1.807) is 13.8 Å². The molecule has 1 aromatic rings. The van der Waals surface area contributed by atoms with Gasteiger partial charge in [-0.25, -0.2) is 9.59 Å². The highest BCUT2D eigenvalue weighted by Crippen LogP contribution is 2.37. The van der Waals surface area contributed by atoms with Crippen LogP contribution in [-0.2, 0) is 23.8 Å². The summed E-state index contributed by atoms with van der Waals surface area (Å²) in [7, 11) is 0. The number of esters is 1. The van der Waals surface area contributed by atoms with Crippen LogP contribution in [-0.4, -0.2) is 54.7 Å².